The van der Waals surface area contributed by atoms with Gasteiger partial charge in [0.15, 0.2) is 0 Å². The molecular formula is C28H49N5O5. The zero-order chi connectivity index (χ0) is 28.6. The normalized spacial score (nSPS) is 20.2. The van der Waals surface area contributed by atoms with Crippen LogP contribution in [0.15, 0.2) is 0 Å². The summed E-state index contributed by atoms with van der Waals surface area (Å²) in [4.78, 5) is 66.8. The highest BCUT2D eigenvalue weighted by Crippen LogP contribution is 2.22. The van der Waals surface area contributed by atoms with Crippen molar-refractivity contribution in [1.29, 1.82) is 0 Å². The molecule has 2 fully saturated rings. The minimum absolute atomic E-state index is 0.0130. The number of hydrogen-bond donors (Lipinski definition) is 4. The van der Waals surface area contributed by atoms with Crippen LogP contribution in [0.25, 0.3) is 0 Å². The Hall–Kier alpha value is -2.49. The van der Waals surface area contributed by atoms with E-state index in [2.05, 4.69) is 26.2 Å². The molecule has 2 rings (SSSR count). The van der Waals surface area contributed by atoms with Crippen molar-refractivity contribution in [3.63, 3.8) is 0 Å². The van der Waals surface area contributed by atoms with Gasteiger partial charge in [-0.1, -0.05) is 53.9 Å². The number of carbonyl (C=O) groups is 5. The number of nitrogens with zero attached hydrogens (tertiary/aromatic N) is 1. The number of likely N-dealkylation sites (tertiary alicyclic amines) is 1. The van der Waals surface area contributed by atoms with Crippen LogP contribution in [0.5, 0.6) is 0 Å². The van der Waals surface area contributed by atoms with Crippen molar-refractivity contribution in [2.24, 2.45) is 17.3 Å². The van der Waals surface area contributed by atoms with Crippen LogP contribution in [0.4, 0.5) is 0 Å². The van der Waals surface area contributed by atoms with Gasteiger partial charge in [0.2, 0.25) is 23.5 Å². The lowest BCUT2D eigenvalue weighted by atomic mass is 9.85. The lowest BCUT2D eigenvalue weighted by Crippen LogP contribution is -2.60. The van der Waals surface area contributed by atoms with Crippen LogP contribution in [0.1, 0.15) is 86.5 Å². The summed E-state index contributed by atoms with van der Waals surface area (Å²) in [7, 11) is 2.02. The molecule has 216 valence electrons. The number of ketones is 1. The van der Waals surface area contributed by atoms with Gasteiger partial charge in [-0.3, -0.25) is 24.0 Å². The van der Waals surface area contributed by atoms with Crippen molar-refractivity contribution < 1.29 is 24.0 Å². The van der Waals surface area contributed by atoms with Crippen molar-refractivity contribution in [2.45, 2.75) is 111 Å². The zero-order valence-electron chi connectivity index (χ0n) is 24.3. The number of hydrogen-bond acceptors (Lipinski definition) is 6. The molecule has 0 aromatic rings. The molecule has 0 aromatic heterocycles. The molecule has 1 saturated carbocycles. The molecule has 4 N–H and O–H groups in total. The Balaban J connectivity index is 1.98. The molecule has 0 bridgehead atoms. The van der Waals surface area contributed by atoms with Gasteiger partial charge >= 0.3 is 0 Å². The van der Waals surface area contributed by atoms with Gasteiger partial charge in [0.1, 0.15) is 12.1 Å². The molecule has 10 heteroatoms. The first-order valence-corrected chi connectivity index (χ1v) is 14.1. The molecule has 1 heterocycles. The first-order chi connectivity index (χ1) is 17.7. The van der Waals surface area contributed by atoms with Crippen molar-refractivity contribution in [3.8, 4) is 0 Å². The van der Waals surface area contributed by atoms with Crippen LogP contribution in [0, 0.1) is 17.3 Å². The van der Waals surface area contributed by atoms with E-state index in [0.29, 0.717) is 0 Å². The Morgan fingerprint density at radius 2 is 1.37 bits per heavy atom. The summed E-state index contributed by atoms with van der Waals surface area (Å²) < 4.78 is 0. The van der Waals surface area contributed by atoms with Gasteiger partial charge in [-0.15, -0.1) is 0 Å². The SMILES string of the molecule is CC(C)[C@H](NC(=O)[C@H](C)NC(=O)[C@@H](NC(=O)C1CCN(C)CC1)C(C)(C)C)C(=O)C(=O)NC1CCCCC1. The summed E-state index contributed by atoms with van der Waals surface area (Å²) in [6.45, 7) is 12.3. The third-order valence-corrected chi connectivity index (χ3v) is 7.67. The number of piperidine rings is 1. The first-order valence-electron chi connectivity index (χ1n) is 14.1. The van der Waals surface area contributed by atoms with Gasteiger partial charge in [-0.25, -0.2) is 0 Å². The molecule has 0 unspecified atom stereocenters. The summed E-state index contributed by atoms with van der Waals surface area (Å²) in [6, 6.07) is -2.83. The molecule has 10 nitrogen and oxygen atoms in total. The maximum atomic E-state index is 13.2. The highest BCUT2D eigenvalue weighted by molar-refractivity contribution is 6.38. The number of rotatable bonds is 10. The monoisotopic (exact) mass is 535 g/mol. The van der Waals surface area contributed by atoms with Crippen LogP contribution in [0.2, 0.25) is 0 Å². The third kappa shape index (κ3) is 9.36. The Labute approximate surface area is 227 Å². The van der Waals surface area contributed by atoms with E-state index in [-0.39, 0.29) is 23.8 Å². The van der Waals surface area contributed by atoms with E-state index in [4.69, 9.17) is 0 Å². The topological polar surface area (TPSA) is 137 Å². The molecule has 4 amide bonds. The van der Waals surface area contributed by atoms with Crippen LogP contribution in [-0.2, 0) is 24.0 Å². The van der Waals surface area contributed by atoms with Gasteiger partial charge < -0.3 is 26.2 Å². The highest BCUT2D eigenvalue weighted by atomic mass is 16.2. The number of nitrogens with one attached hydrogen (secondary N) is 4. The summed E-state index contributed by atoms with van der Waals surface area (Å²) in [5.74, 6) is -3.02. The predicted molar refractivity (Wildman–Crippen MR) is 146 cm³/mol. The van der Waals surface area contributed by atoms with E-state index >= 15 is 0 Å². The predicted octanol–water partition coefficient (Wildman–Crippen LogP) is 1.52. The minimum Gasteiger partial charge on any atom is -0.347 e. The lowest BCUT2D eigenvalue weighted by molar-refractivity contribution is -0.141. The highest BCUT2D eigenvalue weighted by Gasteiger charge is 2.37. The maximum Gasteiger partial charge on any atom is 0.289 e. The van der Waals surface area contributed by atoms with E-state index in [1.165, 1.54) is 6.92 Å². The first kappa shape index (κ1) is 31.7. The summed E-state index contributed by atoms with van der Waals surface area (Å²) >= 11 is 0. The molecule has 0 spiro atoms. The fraction of sp³-hybridized carbons (Fsp3) is 0.821. The molecular weight excluding hydrogens is 486 g/mol. The molecule has 0 aromatic carbocycles. The standard InChI is InChI=1S/C28H49N5O5/c1-17(2)21(22(34)26(37)30-20-11-9-8-10-12-20)31-24(35)18(3)29-27(38)23(28(4,5)6)32-25(36)19-13-15-33(7)16-14-19/h17-21,23H,8-16H2,1-7H3,(H,29,38)(H,30,37)(H,31,35)(H,32,36)/t18-,21-,23+/m0/s1. The Kier molecular flexibility index (Phi) is 11.7. The third-order valence-electron chi connectivity index (χ3n) is 7.67. The zero-order valence-corrected chi connectivity index (χ0v) is 24.3. The Morgan fingerprint density at radius 1 is 0.789 bits per heavy atom. The van der Waals surface area contributed by atoms with Crippen molar-refractivity contribution in [3.05, 3.63) is 0 Å². The van der Waals surface area contributed by atoms with Gasteiger partial charge in [0, 0.05) is 12.0 Å². The number of Topliss-reactive ketones (excluding diaryl/α,β-unsaturated/α-hetero) is 1. The van der Waals surface area contributed by atoms with Crippen LogP contribution in [0.3, 0.4) is 0 Å². The molecule has 3 atom stereocenters. The quantitative estimate of drug-likeness (QED) is 0.313. The fourth-order valence-electron chi connectivity index (χ4n) is 5.03. The maximum absolute atomic E-state index is 13.2. The second-order valence-corrected chi connectivity index (χ2v) is 12.5. The molecule has 1 aliphatic heterocycles. The van der Waals surface area contributed by atoms with E-state index < -0.39 is 47.0 Å². The Morgan fingerprint density at radius 3 is 1.89 bits per heavy atom. The minimum atomic E-state index is -1.01. The smallest absolute Gasteiger partial charge is 0.289 e. The van der Waals surface area contributed by atoms with Gasteiger partial charge in [0.25, 0.3) is 5.91 Å². The molecule has 1 saturated heterocycles. The van der Waals surface area contributed by atoms with Crippen LogP contribution >= 0.6 is 0 Å². The average Bonchev–Trinajstić information content (AvgIpc) is 2.85. The van der Waals surface area contributed by atoms with Crippen LogP contribution < -0.4 is 21.3 Å². The molecule has 38 heavy (non-hydrogen) atoms. The summed E-state index contributed by atoms with van der Waals surface area (Å²) in [5, 5.41) is 11.1. The summed E-state index contributed by atoms with van der Waals surface area (Å²) in [6.07, 6.45) is 6.35. The van der Waals surface area contributed by atoms with Gasteiger partial charge in [-0.05, 0) is 64.1 Å². The molecule has 1 aliphatic carbocycles. The van der Waals surface area contributed by atoms with Crippen molar-refractivity contribution >= 4 is 29.4 Å². The second-order valence-electron chi connectivity index (χ2n) is 12.5. The van der Waals surface area contributed by atoms with E-state index in [1.807, 2.05) is 27.8 Å². The van der Waals surface area contributed by atoms with Crippen molar-refractivity contribution in [1.82, 2.24) is 26.2 Å². The number of carbonyl (C=O) groups excluding carboxylic acids is 5. The molecule has 0 radical (unpaired) electrons. The van der Waals surface area contributed by atoms with Crippen LogP contribution in [-0.4, -0.2) is 78.6 Å². The fourth-order valence-corrected chi connectivity index (χ4v) is 5.03. The largest absolute Gasteiger partial charge is 0.347 e. The summed E-state index contributed by atoms with van der Waals surface area (Å²) in [5.41, 5.74) is -0.588. The van der Waals surface area contributed by atoms with E-state index in [0.717, 1.165) is 58.0 Å². The second kappa shape index (κ2) is 14.1. The average molecular weight is 536 g/mol. The van der Waals surface area contributed by atoms with Gasteiger partial charge in [0.05, 0.1) is 6.04 Å². The van der Waals surface area contributed by atoms with Gasteiger partial charge in [-0.2, -0.15) is 0 Å². The molecule has 2 aliphatic rings. The van der Waals surface area contributed by atoms with E-state index in [1.54, 1.807) is 13.8 Å². The Bertz CT molecular complexity index is 854. The lowest BCUT2D eigenvalue weighted by Gasteiger charge is -2.34. The van der Waals surface area contributed by atoms with E-state index in [9.17, 15) is 24.0 Å². The van der Waals surface area contributed by atoms with Crippen molar-refractivity contribution in [2.75, 3.05) is 20.1 Å². The number of amides is 4.